The summed E-state index contributed by atoms with van der Waals surface area (Å²) in [7, 11) is 1.59. The Labute approximate surface area is 161 Å². The lowest BCUT2D eigenvalue weighted by Gasteiger charge is -2.32. The molecule has 2 aromatic rings. The lowest BCUT2D eigenvalue weighted by Crippen LogP contribution is -2.42. The lowest BCUT2D eigenvalue weighted by atomic mass is 10.1. The van der Waals surface area contributed by atoms with Gasteiger partial charge in [0, 0.05) is 42.2 Å². The first-order valence-electron chi connectivity index (χ1n) is 8.58. The van der Waals surface area contributed by atoms with Crippen LogP contribution in [0, 0.1) is 13.8 Å². The number of halogens is 1. The van der Waals surface area contributed by atoms with Crippen molar-refractivity contribution in [2.45, 2.75) is 32.8 Å². The second-order valence-electron chi connectivity index (χ2n) is 6.35. The summed E-state index contributed by atoms with van der Waals surface area (Å²) >= 11 is 3.45. The molecule has 3 rings (SSSR count). The minimum Gasteiger partial charge on any atom is -0.497 e. The van der Waals surface area contributed by atoms with E-state index in [2.05, 4.69) is 25.9 Å². The molecule has 7 heteroatoms. The molecular weight excluding hydrogens is 398 g/mol. The third-order valence-corrected chi connectivity index (χ3v) is 5.05. The van der Waals surface area contributed by atoms with Crippen molar-refractivity contribution in [3.8, 4) is 11.6 Å². The van der Waals surface area contributed by atoms with E-state index < -0.39 is 0 Å². The molecule has 138 valence electrons. The van der Waals surface area contributed by atoms with Gasteiger partial charge in [-0.25, -0.2) is 4.98 Å². The first-order valence-corrected chi connectivity index (χ1v) is 9.37. The van der Waals surface area contributed by atoms with Gasteiger partial charge >= 0.3 is 0 Å². The SMILES string of the molecule is COc1ccc(Br)c(C(=O)N2CCC(Oc3cc(C)nc(C)n3)CC2)c1. The van der Waals surface area contributed by atoms with E-state index in [1.165, 1.54) is 0 Å². The fraction of sp³-hybridized carbons (Fsp3) is 0.421. The first kappa shape index (κ1) is 18.6. The Balaban J connectivity index is 1.62. The van der Waals surface area contributed by atoms with E-state index in [0.29, 0.717) is 36.1 Å². The topological polar surface area (TPSA) is 64.5 Å². The van der Waals surface area contributed by atoms with Crippen LogP contribution in [-0.2, 0) is 0 Å². The maximum atomic E-state index is 12.8. The largest absolute Gasteiger partial charge is 0.497 e. The number of carbonyl (C=O) groups is 1. The number of nitrogens with zero attached hydrogens (tertiary/aromatic N) is 3. The third-order valence-electron chi connectivity index (χ3n) is 4.36. The van der Waals surface area contributed by atoms with Gasteiger partial charge < -0.3 is 14.4 Å². The van der Waals surface area contributed by atoms with E-state index in [1.54, 1.807) is 13.2 Å². The maximum absolute atomic E-state index is 12.8. The minimum absolute atomic E-state index is 0.00273. The van der Waals surface area contributed by atoms with Gasteiger partial charge in [0.05, 0.1) is 12.7 Å². The summed E-state index contributed by atoms with van der Waals surface area (Å²) in [4.78, 5) is 23.3. The van der Waals surface area contributed by atoms with Crippen LogP contribution in [0.3, 0.4) is 0 Å². The number of ether oxygens (including phenoxy) is 2. The number of hydrogen-bond donors (Lipinski definition) is 0. The molecule has 0 radical (unpaired) electrons. The summed E-state index contributed by atoms with van der Waals surface area (Å²) in [6.07, 6.45) is 1.60. The highest BCUT2D eigenvalue weighted by Crippen LogP contribution is 2.26. The smallest absolute Gasteiger partial charge is 0.255 e. The van der Waals surface area contributed by atoms with Crippen molar-refractivity contribution < 1.29 is 14.3 Å². The minimum atomic E-state index is 0.00273. The van der Waals surface area contributed by atoms with Gasteiger partial charge in [-0.15, -0.1) is 0 Å². The molecule has 0 bridgehead atoms. The van der Waals surface area contributed by atoms with Gasteiger partial charge in [0.25, 0.3) is 5.91 Å². The van der Waals surface area contributed by atoms with Crippen molar-refractivity contribution in [2.24, 2.45) is 0 Å². The van der Waals surface area contributed by atoms with E-state index in [4.69, 9.17) is 9.47 Å². The Morgan fingerprint density at radius 1 is 1.19 bits per heavy atom. The number of amides is 1. The highest BCUT2D eigenvalue weighted by Gasteiger charge is 2.26. The van der Waals surface area contributed by atoms with Gasteiger partial charge in [-0.1, -0.05) is 0 Å². The van der Waals surface area contributed by atoms with Crippen LogP contribution in [0.1, 0.15) is 34.7 Å². The molecule has 0 N–H and O–H groups in total. The molecule has 0 saturated carbocycles. The molecule has 1 saturated heterocycles. The summed E-state index contributed by atoms with van der Waals surface area (Å²) in [6.45, 7) is 5.08. The highest BCUT2D eigenvalue weighted by molar-refractivity contribution is 9.10. The van der Waals surface area contributed by atoms with Gasteiger partial charge in [0.2, 0.25) is 5.88 Å². The van der Waals surface area contributed by atoms with E-state index in [1.807, 2.05) is 36.9 Å². The Bertz CT molecular complexity index is 784. The van der Waals surface area contributed by atoms with Crippen LogP contribution in [0.25, 0.3) is 0 Å². The van der Waals surface area contributed by atoms with Crippen LogP contribution >= 0.6 is 15.9 Å². The number of carbonyl (C=O) groups excluding carboxylic acids is 1. The average molecular weight is 420 g/mol. The number of benzene rings is 1. The first-order chi connectivity index (χ1) is 12.5. The van der Waals surface area contributed by atoms with Crippen molar-refractivity contribution in [3.63, 3.8) is 0 Å². The number of piperidine rings is 1. The number of aryl methyl sites for hydroxylation is 2. The van der Waals surface area contributed by atoms with Crippen molar-refractivity contribution >= 4 is 21.8 Å². The molecule has 1 aromatic heterocycles. The molecule has 0 atom stereocenters. The molecule has 6 nitrogen and oxygen atoms in total. The van der Waals surface area contributed by atoms with Crippen LogP contribution in [0.15, 0.2) is 28.7 Å². The summed E-state index contributed by atoms with van der Waals surface area (Å²) in [6, 6.07) is 7.27. The Hall–Kier alpha value is -2.15. The summed E-state index contributed by atoms with van der Waals surface area (Å²) in [5, 5.41) is 0. The molecule has 1 aliphatic rings. The summed E-state index contributed by atoms with van der Waals surface area (Å²) < 4.78 is 12.0. The van der Waals surface area contributed by atoms with E-state index >= 15 is 0 Å². The fourth-order valence-corrected chi connectivity index (χ4v) is 3.47. The van der Waals surface area contributed by atoms with Crippen molar-refractivity contribution in [2.75, 3.05) is 20.2 Å². The molecule has 1 fully saturated rings. The number of aromatic nitrogens is 2. The molecule has 0 aliphatic carbocycles. The third kappa shape index (κ3) is 4.33. The zero-order valence-corrected chi connectivity index (χ0v) is 16.7. The average Bonchev–Trinajstić information content (AvgIpc) is 2.61. The molecule has 2 heterocycles. The van der Waals surface area contributed by atoms with Crippen LogP contribution in [0.5, 0.6) is 11.6 Å². The van der Waals surface area contributed by atoms with Crippen molar-refractivity contribution in [1.82, 2.24) is 14.9 Å². The van der Waals surface area contributed by atoms with E-state index in [9.17, 15) is 4.79 Å². The molecular formula is C19H22BrN3O3. The van der Waals surface area contributed by atoms with Crippen LogP contribution < -0.4 is 9.47 Å². The number of methoxy groups -OCH3 is 1. The Morgan fingerprint density at radius 3 is 2.58 bits per heavy atom. The van der Waals surface area contributed by atoms with Gasteiger partial charge in [-0.05, 0) is 48.0 Å². The molecule has 0 spiro atoms. The normalized spacial score (nSPS) is 15.0. The Kier molecular flexibility index (Phi) is 5.76. The van der Waals surface area contributed by atoms with Crippen molar-refractivity contribution in [1.29, 1.82) is 0 Å². The standard InChI is InChI=1S/C19H22BrN3O3/c1-12-10-18(22-13(2)21-12)26-14-6-8-23(9-7-14)19(24)16-11-15(25-3)4-5-17(16)20/h4-5,10-11,14H,6-9H2,1-3H3. The number of likely N-dealkylation sites (tertiary alicyclic amines) is 1. The molecule has 1 aliphatic heterocycles. The van der Waals surface area contributed by atoms with Gasteiger partial charge in [0.1, 0.15) is 17.7 Å². The number of rotatable bonds is 4. The molecule has 1 aromatic carbocycles. The van der Waals surface area contributed by atoms with Gasteiger partial charge in [-0.3, -0.25) is 4.79 Å². The second-order valence-corrected chi connectivity index (χ2v) is 7.20. The predicted octanol–water partition coefficient (Wildman–Crippen LogP) is 3.55. The monoisotopic (exact) mass is 419 g/mol. The molecule has 1 amide bonds. The quantitative estimate of drug-likeness (QED) is 0.757. The summed E-state index contributed by atoms with van der Waals surface area (Å²) in [5.74, 6) is 1.98. The van der Waals surface area contributed by atoms with Crippen molar-refractivity contribution in [3.05, 3.63) is 45.8 Å². The predicted molar refractivity (Wildman–Crippen MR) is 102 cm³/mol. The van der Waals surface area contributed by atoms with Crippen LogP contribution in [0.2, 0.25) is 0 Å². The van der Waals surface area contributed by atoms with Gasteiger partial charge in [0.15, 0.2) is 0 Å². The summed E-state index contributed by atoms with van der Waals surface area (Å²) in [5.41, 5.74) is 1.51. The molecule has 26 heavy (non-hydrogen) atoms. The van der Waals surface area contributed by atoms with Crippen LogP contribution in [0.4, 0.5) is 0 Å². The maximum Gasteiger partial charge on any atom is 0.255 e. The molecule has 0 unspecified atom stereocenters. The zero-order chi connectivity index (χ0) is 18.7. The van der Waals surface area contributed by atoms with Crippen LogP contribution in [-0.4, -0.2) is 47.1 Å². The lowest BCUT2D eigenvalue weighted by molar-refractivity contribution is 0.0586. The van der Waals surface area contributed by atoms with Gasteiger partial charge in [-0.2, -0.15) is 4.98 Å². The highest BCUT2D eigenvalue weighted by atomic mass is 79.9. The van der Waals surface area contributed by atoms with E-state index in [0.717, 1.165) is 23.0 Å². The second kappa shape index (κ2) is 8.03. The zero-order valence-electron chi connectivity index (χ0n) is 15.2. The Morgan fingerprint density at radius 2 is 1.92 bits per heavy atom. The fourth-order valence-electron chi connectivity index (χ4n) is 3.06. The number of hydrogen-bond acceptors (Lipinski definition) is 5. The van der Waals surface area contributed by atoms with E-state index in [-0.39, 0.29) is 12.0 Å².